The van der Waals surface area contributed by atoms with Crippen molar-refractivity contribution in [2.75, 3.05) is 0 Å². The number of nitrogens with zero attached hydrogens (tertiary/aromatic N) is 4. The highest BCUT2D eigenvalue weighted by Crippen LogP contribution is 2.54. The van der Waals surface area contributed by atoms with Crippen molar-refractivity contribution in [3.8, 4) is 0 Å². The Morgan fingerprint density at radius 1 is 1.13 bits per heavy atom. The number of allylic oxidation sites excluding steroid dienone is 1. The topological polar surface area (TPSA) is 50.5 Å². The second-order valence-corrected chi connectivity index (χ2v) is 5.45. The van der Waals surface area contributed by atoms with Gasteiger partial charge in [-0.2, -0.15) is 0 Å². The Bertz CT molecular complexity index is 720. The number of rotatable bonds is 6. The summed E-state index contributed by atoms with van der Waals surface area (Å²) in [5.41, 5.74) is 2.30. The fraction of sp³-hybridized carbons (Fsp3) is 0.222. The lowest BCUT2D eigenvalue weighted by Gasteiger charge is -2.02. The van der Waals surface area contributed by atoms with E-state index in [0.717, 1.165) is 12.0 Å². The van der Waals surface area contributed by atoms with E-state index in [4.69, 9.17) is 0 Å². The largest absolute Gasteiger partial charge is 0.285 e. The van der Waals surface area contributed by atoms with Gasteiger partial charge in [0.15, 0.2) is 0 Å². The summed E-state index contributed by atoms with van der Waals surface area (Å²) in [5.74, 6) is 1.36. The molecule has 23 heavy (non-hydrogen) atoms. The van der Waals surface area contributed by atoms with Crippen LogP contribution in [0.15, 0.2) is 58.9 Å². The second-order valence-electron chi connectivity index (χ2n) is 5.45. The van der Waals surface area contributed by atoms with Crippen molar-refractivity contribution in [2.45, 2.75) is 24.8 Å². The van der Waals surface area contributed by atoms with E-state index in [-0.39, 0.29) is 5.82 Å². The Balaban J connectivity index is 1.58. The standard InChI is InChI=1S/C18H17FN4/c1-20-7-2-8-21-12-18-22-10-14(11-23-18)17-9-16(17)13-3-5-15(19)6-4-13/h2-8,10-11,16-17H,1,9,12H2/b7-2-,21-8-. The van der Waals surface area contributed by atoms with Crippen LogP contribution in [-0.2, 0) is 6.54 Å². The molecular weight excluding hydrogens is 291 g/mol. The zero-order valence-electron chi connectivity index (χ0n) is 12.6. The van der Waals surface area contributed by atoms with E-state index in [0.29, 0.717) is 24.2 Å². The Morgan fingerprint density at radius 2 is 1.83 bits per heavy atom. The molecule has 0 N–H and O–H groups in total. The minimum atomic E-state index is -0.196. The Kier molecular flexibility index (Phi) is 4.66. The molecule has 2 aromatic rings. The number of hydrogen-bond donors (Lipinski definition) is 0. The maximum atomic E-state index is 13.0. The highest BCUT2D eigenvalue weighted by Gasteiger charge is 2.39. The third-order valence-electron chi connectivity index (χ3n) is 3.86. The number of aromatic nitrogens is 2. The zero-order chi connectivity index (χ0) is 16.1. The summed E-state index contributed by atoms with van der Waals surface area (Å²) in [5, 5.41) is 0. The molecule has 0 radical (unpaired) electrons. The van der Waals surface area contributed by atoms with Crippen molar-refractivity contribution >= 4 is 12.9 Å². The molecule has 0 bridgehead atoms. The molecule has 1 fully saturated rings. The second kappa shape index (κ2) is 7.05. The fourth-order valence-corrected chi connectivity index (χ4v) is 2.57. The van der Waals surface area contributed by atoms with Crippen LogP contribution in [0.1, 0.15) is 35.2 Å². The Hall–Kier alpha value is -2.69. The van der Waals surface area contributed by atoms with Crippen LogP contribution >= 0.6 is 0 Å². The first kappa shape index (κ1) is 15.2. The summed E-state index contributed by atoms with van der Waals surface area (Å²) in [6.07, 6.45) is 9.72. The molecule has 4 nitrogen and oxygen atoms in total. The summed E-state index contributed by atoms with van der Waals surface area (Å²) in [4.78, 5) is 16.5. The maximum Gasteiger partial charge on any atom is 0.149 e. The van der Waals surface area contributed by atoms with E-state index in [1.165, 1.54) is 17.7 Å². The molecule has 0 aliphatic heterocycles. The highest BCUT2D eigenvalue weighted by atomic mass is 19.1. The molecule has 3 rings (SSSR count). The third kappa shape index (κ3) is 3.94. The molecule has 1 aliphatic carbocycles. The number of halogens is 1. The summed E-state index contributed by atoms with van der Waals surface area (Å²) >= 11 is 0. The minimum Gasteiger partial charge on any atom is -0.285 e. The van der Waals surface area contributed by atoms with Crippen LogP contribution in [-0.4, -0.2) is 22.9 Å². The van der Waals surface area contributed by atoms with E-state index < -0.39 is 0 Å². The van der Waals surface area contributed by atoms with Crippen molar-refractivity contribution in [3.05, 3.63) is 71.7 Å². The van der Waals surface area contributed by atoms with Crippen LogP contribution in [0, 0.1) is 5.82 Å². The molecule has 1 aromatic heterocycles. The van der Waals surface area contributed by atoms with Crippen molar-refractivity contribution in [2.24, 2.45) is 9.98 Å². The van der Waals surface area contributed by atoms with Crippen LogP contribution in [0.2, 0.25) is 0 Å². The van der Waals surface area contributed by atoms with Crippen LogP contribution in [0.3, 0.4) is 0 Å². The van der Waals surface area contributed by atoms with Crippen molar-refractivity contribution in [1.82, 2.24) is 9.97 Å². The van der Waals surface area contributed by atoms with Gasteiger partial charge >= 0.3 is 0 Å². The van der Waals surface area contributed by atoms with E-state index in [9.17, 15) is 4.39 Å². The molecule has 116 valence electrons. The first-order chi connectivity index (χ1) is 11.3. The van der Waals surface area contributed by atoms with Gasteiger partial charge in [0.2, 0.25) is 0 Å². The van der Waals surface area contributed by atoms with Gasteiger partial charge in [-0.25, -0.2) is 14.4 Å². The van der Waals surface area contributed by atoms with E-state index in [1.54, 1.807) is 18.5 Å². The molecule has 0 saturated heterocycles. The maximum absolute atomic E-state index is 13.0. The Labute approximate surface area is 134 Å². The van der Waals surface area contributed by atoms with E-state index in [1.807, 2.05) is 24.5 Å². The quantitative estimate of drug-likeness (QED) is 0.764. The monoisotopic (exact) mass is 308 g/mol. The summed E-state index contributed by atoms with van der Waals surface area (Å²) < 4.78 is 13.0. The highest BCUT2D eigenvalue weighted by molar-refractivity contribution is 5.70. The van der Waals surface area contributed by atoms with Crippen LogP contribution < -0.4 is 0 Å². The number of aliphatic imine (C=N–C) groups is 2. The predicted molar refractivity (Wildman–Crippen MR) is 89.4 cm³/mol. The lowest BCUT2D eigenvalue weighted by Crippen LogP contribution is -1.95. The molecule has 2 atom stereocenters. The summed E-state index contributed by atoms with van der Waals surface area (Å²) in [6.45, 7) is 3.78. The van der Waals surface area contributed by atoms with Gasteiger partial charge in [-0.3, -0.25) is 9.98 Å². The number of hydrogen-bond acceptors (Lipinski definition) is 4. The molecule has 0 amide bonds. The third-order valence-corrected chi connectivity index (χ3v) is 3.86. The van der Waals surface area contributed by atoms with Gasteiger partial charge < -0.3 is 0 Å². The van der Waals surface area contributed by atoms with Crippen LogP contribution in [0.25, 0.3) is 0 Å². The number of benzene rings is 1. The average Bonchev–Trinajstić information content (AvgIpc) is 3.37. The van der Waals surface area contributed by atoms with Gasteiger partial charge in [0.25, 0.3) is 0 Å². The SMILES string of the molecule is C=N/C=C\C=N/Cc1ncc(C2CC2c2ccc(F)cc2)cn1. The fourth-order valence-electron chi connectivity index (χ4n) is 2.57. The zero-order valence-corrected chi connectivity index (χ0v) is 12.6. The van der Waals surface area contributed by atoms with Crippen LogP contribution in [0.4, 0.5) is 4.39 Å². The molecule has 0 spiro atoms. The van der Waals surface area contributed by atoms with Gasteiger partial charge in [0, 0.05) is 24.8 Å². The molecule has 1 heterocycles. The molecular formula is C18H17FN4. The molecule has 1 aliphatic rings. The average molecular weight is 308 g/mol. The summed E-state index contributed by atoms with van der Waals surface area (Å²) in [6, 6.07) is 6.74. The summed E-state index contributed by atoms with van der Waals surface area (Å²) in [7, 11) is 0. The predicted octanol–water partition coefficient (Wildman–Crippen LogP) is 3.67. The molecule has 5 heteroatoms. The van der Waals surface area contributed by atoms with E-state index in [2.05, 4.69) is 26.7 Å². The van der Waals surface area contributed by atoms with Crippen molar-refractivity contribution < 1.29 is 4.39 Å². The Morgan fingerprint density at radius 3 is 2.52 bits per heavy atom. The van der Waals surface area contributed by atoms with Crippen LogP contribution in [0.5, 0.6) is 0 Å². The molecule has 2 unspecified atom stereocenters. The normalized spacial score (nSPS) is 20.2. The van der Waals surface area contributed by atoms with Gasteiger partial charge in [0.05, 0.1) is 6.54 Å². The first-order valence-electron chi connectivity index (χ1n) is 7.45. The van der Waals surface area contributed by atoms with Crippen molar-refractivity contribution in [3.63, 3.8) is 0 Å². The smallest absolute Gasteiger partial charge is 0.149 e. The molecule has 1 saturated carbocycles. The van der Waals surface area contributed by atoms with Gasteiger partial charge in [-0.05, 0) is 54.3 Å². The lowest BCUT2D eigenvalue weighted by atomic mass is 10.1. The minimum absolute atomic E-state index is 0.196. The van der Waals surface area contributed by atoms with Crippen molar-refractivity contribution in [1.29, 1.82) is 0 Å². The van der Waals surface area contributed by atoms with Gasteiger partial charge in [-0.1, -0.05) is 12.1 Å². The molecule has 1 aromatic carbocycles. The van der Waals surface area contributed by atoms with Gasteiger partial charge in [-0.15, -0.1) is 0 Å². The van der Waals surface area contributed by atoms with E-state index >= 15 is 0 Å². The lowest BCUT2D eigenvalue weighted by molar-refractivity contribution is 0.627. The first-order valence-corrected chi connectivity index (χ1v) is 7.45. The van der Waals surface area contributed by atoms with Gasteiger partial charge in [0.1, 0.15) is 11.6 Å².